The molecule has 4 aliphatic rings. The lowest BCUT2D eigenvalue weighted by molar-refractivity contribution is -0.141. The van der Waals surface area contributed by atoms with Crippen molar-refractivity contribution in [1.82, 2.24) is 25.2 Å². The Bertz CT molecular complexity index is 1930. The Hall–Kier alpha value is -4.64. The van der Waals surface area contributed by atoms with Gasteiger partial charge in [0.2, 0.25) is 27.7 Å². The molecule has 2 aliphatic carbocycles. The van der Waals surface area contributed by atoms with Gasteiger partial charge < -0.3 is 39.4 Å². The van der Waals surface area contributed by atoms with Crippen LogP contribution in [0.3, 0.4) is 0 Å². The van der Waals surface area contributed by atoms with Crippen LogP contribution in [0.1, 0.15) is 59.3 Å². The number of alkyl carbamates (subject to hydrolysis) is 1. The molecule has 3 heterocycles. The second-order valence-corrected chi connectivity index (χ2v) is 17.5. The molecule has 2 aliphatic heterocycles. The summed E-state index contributed by atoms with van der Waals surface area (Å²) in [6.07, 6.45) is 3.60. The number of hydrogen-bond acceptors (Lipinski definition) is 12. The number of sulfonamides is 1. The Morgan fingerprint density at radius 3 is 2.57 bits per heavy atom. The largest absolute Gasteiger partial charge is 0.497 e. The lowest BCUT2D eigenvalue weighted by atomic mass is 10.1. The molecule has 3 fully saturated rings. The number of aromatic nitrogens is 1. The smallest absolute Gasteiger partial charge is 0.408 e. The van der Waals surface area contributed by atoms with Crippen molar-refractivity contribution in [2.75, 3.05) is 45.9 Å². The molecule has 16 nitrogen and oxygen atoms in total. The molecule has 2 saturated carbocycles. The van der Waals surface area contributed by atoms with E-state index in [0.717, 1.165) is 5.39 Å². The number of nitrogens with one attached hydrogen (secondary N) is 3. The van der Waals surface area contributed by atoms with Crippen molar-refractivity contribution >= 4 is 50.4 Å². The van der Waals surface area contributed by atoms with Crippen LogP contribution in [0.25, 0.3) is 10.8 Å². The number of fused-ring (bicyclic) bond motifs is 3. The summed E-state index contributed by atoms with van der Waals surface area (Å²) in [7, 11) is 1.35. The van der Waals surface area contributed by atoms with Crippen LogP contribution in [-0.4, -0.2) is 118 Å². The normalized spacial score (nSPS) is 27.0. The minimum Gasteiger partial charge on any atom is -0.497 e. The van der Waals surface area contributed by atoms with Crippen LogP contribution in [0.4, 0.5) is 10.6 Å². The zero-order valence-corrected chi connectivity index (χ0v) is 32.4. The van der Waals surface area contributed by atoms with Crippen LogP contribution in [0.2, 0.25) is 0 Å². The lowest BCUT2D eigenvalue weighted by Crippen LogP contribution is -2.58. The van der Waals surface area contributed by atoms with Crippen LogP contribution in [-0.2, 0) is 33.9 Å². The van der Waals surface area contributed by atoms with Gasteiger partial charge in [-0.25, -0.2) is 13.2 Å². The Morgan fingerprint density at radius 1 is 1.13 bits per heavy atom. The third-order valence-electron chi connectivity index (χ3n) is 9.89. The van der Waals surface area contributed by atoms with Gasteiger partial charge >= 0.3 is 6.09 Å². The third kappa shape index (κ3) is 8.83. The summed E-state index contributed by atoms with van der Waals surface area (Å²) in [5, 5.41) is 6.38. The number of hydrogen-bond donors (Lipinski definition) is 3. The van der Waals surface area contributed by atoms with E-state index in [1.54, 1.807) is 46.1 Å². The molecule has 2 aromatic rings. The topological polar surface area (TPSA) is 195 Å². The fourth-order valence-corrected chi connectivity index (χ4v) is 8.17. The number of anilines is 1. The van der Waals surface area contributed by atoms with Crippen LogP contribution < -0.4 is 29.7 Å². The summed E-state index contributed by atoms with van der Waals surface area (Å²) in [5.41, 5.74) is -2.39. The predicted molar refractivity (Wildman–Crippen MR) is 199 cm³/mol. The first-order valence-electron chi connectivity index (χ1n) is 18.2. The van der Waals surface area contributed by atoms with E-state index in [9.17, 15) is 27.6 Å². The number of rotatable bonds is 8. The van der Waals surface area contributed by atoms with Gasteiger partial charge in [0, 0.05) is 38.4 Å². The van der Waals surface area contributed by atoms with Gasteiger partial charge in [-0.1, -0.05) is 12.2 Å². The first-order valence-corrected chi connectivity index (χ1v) is 19.8. The summed E-state index contributed by atoms with van der Waals surface area (Å²) < 4.78 is 51.0. The maximum atomic E-state index is 14.5. The molecule has 5 atom stereocenters. The minimum absolute atomic E-state index is 0.0178. The molecule has 0 radical (unpaired) electrons. The zero-order chi connectivity index (χ0) is 39.0. The molecule has 0 spiro atoms. The van der Waals surface area contributed by atoms with Crippen molar-refractivity contribution in [3.63, 3.8) is 0 Å². The molecule has 1 saturated heterocycles. The SMILES string of the molecule is COc1ccc2c(O[C@@H]3C[C@H]4C(=O)N[C@]5(C(=O)NS(=O)(=O)C6CC6)C[C@H]5/C=C\COCCC[C@H](NC(=O)OC(C)(C)C)C(=O)N4C3)nc(N(C)C)cc2c1. The van der Waals surface area contributed by atoms with Crippen molar-refractivity contribution in [3.05, 3.63) is 36.4 Å². The molecule has 0 bridgehead atoms. The number of nitrogens with zero attached hydrogens (tertiary/aromatic N) is 3. The fraction of sp³-hybridized carbons (Fsp3) is 0.595. The highest BCUT2D eigenvalue weighted by molar-refractivity contribution is 7.91. The summed E-state index contributed by atoms with van der Waals surface area (Å²) >= 11 is 0. The van der Waals surface area contributed by atoms with Crippen molar-refractivity contribution < 1.29 is 46.5 Å². The standard InChI is InChI=1S/C37H50N6O10S/c1-36(2,3)53-35(47)38-28-10-8-16-51-15-7-9-23-20-37(23,34(46)41-54(48,49)26-12-13-26)40-31(44)29-19-25(21-43(29)33(28)45)52-32-27-14-11-24(50-6)17-22(27)18-30(39-32)42(4)5/h7,9,11,14,17-18,23,25-26,28-29H,8,10,12-13,15-16,19-21H2,1-6H3,(H,38,47)(H,40,44)(H,41,46)/b9-7-/t23-,25-,28+,29+,37-/m1/s1. The average Bonchev–Trinajstić information content (AvgIpc) is 4.02. The van der Waals surface area contributed by atoms with Crippen molar-refractivity contribution in [2.45, 2.75) is 93.9 Å². The number of benzene rings is 1. The molecular formula is C37H50N6O10S. The van der Waals surface area contributed by atoms with Crippen LogP contribution in [0.5, 0.6) is 11.6 Å². The monoisotopic (exact) mass is 770 g/mol. The van der Waals surface area contributed by atoms with E-state index in [0.29, 0.717) is 36.2 Å². The van der Waals surface area contributed by atoms with E-state index in [1.165, 1.54) is 4.90 Å². The number of carbonyl (C=O) groups is 4. The van der Waals surface area contributed by atoms with Crippen molar-refractivity contribution in [1.29, 1.82) is 0 Å². The molecule has 6 rings (SSSR count). The first-order chi connectivity index (χ1) is 25.5. The number of pyridine rings is 1. The maximum absolute atomic E-state index is 14.5. The first kappa shape index (κ1) is 39.1. The van der Waals surface area contributed by atoms with Gasteiger partial charge in [0.15, 0.2) is 0 Å². The third-order valence-corrected chi connectivity index (χ3v) is 11.7. The van der Waals surface area contributed by atoms with Crippen molar-refractivity contribution in [3.8, 4) is 11.6 Å². The van der Waals surface area contributed by atoms with E-state index in [2.05, 4.69) is 15.4 Å². The maximum Gasteiger partial charge on any atom is 0.408 e. The Balaban J connectivity index is 1.34. The van der Waals surface area contributed by atoms with E-state index in [1.807, 2.05) is 37.2 Å². The summed E-state index contributed by atoms with van der Waals surface area (Å²) in [5.74, 6) is -1.01. The van der Waals surface area contributed by atoms with E-state index < -0.39 is 74.3 Å². The van der Waals surface area contributed by atoms with Gasteiger partial charge in [0.1, 0.15) is 40.9 Å². The van der Waals surface area contributed by atoms with Gasteiger partial charge in [-0.05, 0) is 82.5 Å². The lowest BCUT2D eigenvalue weighted by Gasteiger charge is -2.30. The Kier molecular flexibility index (Phi) is 11.0. The minimum atomic E-state index is -3.92. The van der Waals surface area contributed by atoms with E-state index in [4.69, 9.17) is 23.9 Å². The van der Waals surface area contributed by atoms with Gasteiger partial charge in [0.05, 0.1) is 25.5 Å². The van der Waals surface area contributed by atoms with Crippen molar-refractivity contribution in [2.24, 2.45) is 5.92 Å². The summed E-state index contributed by atoms with van der Waals surface area (Å²) in [6, 6.07) is 5.13. The highest BCUT2D eigenvalue weighted by Gasteiger charge is 2.62. The van der Waals surface area contributed by atoms with Gasteiger partial charge in [-0.3, -0.25) is 19.1 Å². The molecule has 294 valence electrons. The summed E-state index contributed by atoms with van der Waals surface area (Å²) in [4.78, 5) is 63.5. The van der Waals surface area contributed by atoms with Gasteiger partial charge in [-0.15, -0.1) is 0 Å². The van der Waals surface area contributed by atoms with Gasteiger partial charge in [-0.2, -0.15) is 4.98 Å². The number of ether oxygens (including phenoxy) is 4. The predicted octanol–water partition coefficient (Wildman–Crippen LogP) is 2.40. The molecule has 1 aromatic carbocycles. The quantitative estimate of drug-likeness (QED) is 0.333. The Morgan fingerprint density at radius 2 is 1.89 bits per heavy atom. The molecule has 1 aromatic heterocycles. The zero-order valence-electron chi connectivity index (χ0n) is 31.5. The number of amides is 4. The van der Waals surface area contributed by atoms with Crippen LogP contribution >= 0.6 is 0 Å². The molecular weight excluding hydrogens is 721 g/mol. The summed E-state index contributed by atoms with van der Waals surface area (Å²) in [6.45, 7) is 5.53. The fourth-order valence-electron chi connectivity index (χ4n) is 6.80. The second-order valence-electron chi connectivity index (χ2n) is 15.5. The van der Waals surface area contributed by atoms with Crippen LogP contribution in [0, 0.1) is 5.92 Å². The molecule has 3 N–H and O–H groups in total. The highest BCUT2D eigenvalue weighted by atomic mass is 32.2. The number of carbonyl (C=O) groups excluding carboxylic acids is 4. The molecule has 17 heteroatoms. The van der Waals surface area contributed by atoms with Crippen LogP contribution in [0.15, 0.2) is 36.4 Å². The number of methoxy groups -OCH3 is 1. The van der Waals surface area contributed by atoms with E-state index >= 15 is 0 Å². The van der Waals surface area contributed by atoms with Gasteiger partial charge in [0.25, 0.3) is 5.91 Å². The van der Waals surface area contributed by atoms with E-state index in [-0.39, 0.29) is 44.9 Å². The second kappa shape index (κ2) is 15.2. The molecule has 0 unspecified atom stereocenters. The highest BCUT2D eigenvalue weighted by Crippen LogP contribution is 2.46. The Labute approximate surface area is 315 Å². The average molecular weight is 771 g/mol. The molecule has 54 heavy (non-hydrogen) atoms. The molecule has 4 amide bonds.